The maximum Gasteiger partial charge on any atom is 0.0266 e. The van der Waals surface area contributed by atoms with Gasteiger partial charge in [0.1, 0.15) is 0 Å². The monoisotopic (exact) mass is 237 g/mol. The summed E-state index contributed by atoms with van der Waals surface area (Å²) in [5.41, 5.74) is 2.69. The average Bonchev–Trinajstić information content (AvgIpc) is 2.76. The zero-order valence-electron chi connectivity index (χ0n) is 9.88. The summed E-state index contributed by atoms with van der Waals surface area (Å²) in [5.74, 6) is 1.47. The van der Waals surface area contributed by atoms with E-state index in [2.05, 4.69) is 36.5 Å². The van der Waals surface area contributed by atoms with Crippen LogP contribution in [0.25, 0.3) is 0 Å². The van der Waals surface area contributed by atoms with Gasteiger partial charge in [0.25, 0.3) is 0 Å². The number of halogens is 1. The Kier molecular flexibility index (Phi) is 4.25. The Balaban J connectivity index is 1.85. The Labute approximate surface area is 103 Å². The number of hydrogen-bond acceptors (Lipinski definition) is 1. The Morgan fingerprint density at radius 2 is 2.00 bits per heavy atom. The number of rotatable bonds is 4. The molecule has 1 saturated carbocycles. The first-order valence-electron chi connectivity index (χ1n) is 6.14. The summed E-state index contributed by atoms with van der Waals surface area (Å²) in [6.45, 7) is 3.09. The van der Waals surface area contributed by atoms with Crippen LogP contribution in [0.15, 0.2) is 24.3 Å². The highest BCUT2D eigenvalue weighted by Crippen LogP contribution is 2.26. The molecule has 1 aromatic carbocycles. The minimum Gasteiger partial charge on any atom is -0.310 e. The second-order valence-electron chi connectivity index (χ2n) is 4.82. The van der Waals surface area contributed by atoms with Gasteiger partial charge >= 0.3 is 0 Å². The van der Waals surface area contributed by atoms with Crippen LogP contribution >= 0.6 is 11.6 Å². The van der Waals surface area contributed by atoms with Gasteiger partial charge in [-0.3, -0.25) is 0 Å². The molecule has 1 nitrogen and oxygen atoms in total. The van der Waals surface area contributed by atoms with Gasteiger partial charge in [-0.2, -0.15) is 0 Å². The first-order chi connectivity index (χ1) is 7.79. The lowest BCUT2D eigenvalue weighted by molar-refractivity contribution is 0.429. The summed E-state index contributed by atoms with van der Waals surface area (Å²) >= 11 is 5.97. The van der Waals surface area contributed by atoms with Gasteiger partial charge < -0.3 is 5.32 Å². The third kappa shape index (κ3) is 2.99. The number of benzene rings is 1. The summed E-state index contributed by atoms with van der Waals surface area (Å²) < 4.78 is 0. The van der Waals surface area contributed by atoms with Crippen molar-refractivity contribution in [1.82, 2.24) is 5.32 Å². The van der Waals surface area contributed by atoms with E-state index in [-0.39, 0.29) is 0 Å². The quantitative estimate of drug-likeness (QED) is 0.791. The van der Waals surface area contributed by atoms with Crippen molar-refractivity contribution >= 4 is 11.6 Å². The van der Waals surface area contributed by atoms with E-state index in [9.17, 15) is 0 Å². The Morgan fingerprint density at radius 1 is 1.25 bits per heavy atom. The van der Waals surface area contributed by atoms with Gasteiger partial charge in [-0.1, -0.05) is 36.2 Å². The van der Waals surface area contributed by atoms with Crippen molar-refractivity contribution < 1.29 is 0 Å². The van der Waals surface area contributed by atoms with Gasteiger partial charge in [0.2, 0.25) is 0 Å². The molecule has 0 radical (unpaired) electrons. The highest BCUT2D eigenvalue weighted by atomic mass is 35.5. The molecule has 88 valence electrons. The molecule has 1 aliphatic carbocycles. The SMILES string of the molecule is Cc1ccc(CNC2CCCC2CCl)cc1. The molecular formula is C14H20ClN. The number of nitrogens with one attached hydrogen (secondary N) is 1. The van der Waals surface area contributed by atoms with Crippen molar-refractivity contribution in [1.29, 1.82) is 0 Å². The van der Waals surface area contributed by atoms with E-state index in [1.54, 1.807) is 0 Å². The molecule has 1 aliphatic rings. The zero-order valence-corrected chi connectivity index (χ0v) is 10.6. The standard InChI is InChI=1S/C14H20ClN/c1-11-5-7-12(8-6-11)10-16-14-4-2-3-13(14)9-15/h5-8,13-14,16H,2-4,9-10H2,1H3. The molecular weight excluding hydrogens is 218 g/mol. The smallest absolute Gasteiger partial charge is 0.0266 e. The van der Waals surface area contributed by atoms with E-state index in [1.807, 2.05) is 0 Å². The van der Waals surface area contributed by atoms with E-state index in [0.29, 0.717) is 12.0 Å². The second-order valence-corrected chi connectivity index (χ2v) is 5.13. The fourth-order valence-corrected chi connectivity index (χ4v) is 2.81. The summed E-state index contributed by atoms with van der Waals surface area (Å²) in [6.07, 6.45) is 3.89. The van der Waals surface area contributed by atoms with Crippen LogP contribution in [0.2, 0.25) is 0 Å². The molecule has 0 heterocycles. The average molecular weight is 238 g/mol. The third-order valence-corrected chi connectivity index (χ3v) is 3.94. The molecule has 0 amide bonds. The minimum atomic E-state index is 0.624. The molecule has 1 N–H and O–H groups in total. The fraction of sp³-hybridized carbons (Fsp3) is 0.571. The van der Waals surface area contributed by atoms with Gasteiger partial charge in [-0.25, -0.2) is 0 Å². The molecule has 0 aromatic heterocycles. The topological polar surface area (TPSA) is 12.0 Å². The number of aryl methyl sites for hydroxylation is 1. The van der Waals surface area contributed by atoms with E-state index in [0.717, 1.165) is 12.4 Å². The fourth-order valence-electron chi connectivity index (χ4n) is 2.45. The van der Waals surface area contributed by atoms with Gasteiger partial charge in [0, 0.05) is 18.5 Å². The van der Waals surface area contributed by atoms with Crippen LogP contribution in [0.1, 0.15) is 30.4 Å². The molecule has 0 saturated heterocycles. The molecule has 2 atom stereocenters. The zero-order chi connectivity index (χ0) is 11.4. The highest BCUT2D eigenvalue weighted by molar-refractivity contribution is 6.18. The van der Waals surface area contributed by atoms with Gasteiger partial charge in [0.15, 0.2) is 0 Å². The van der Waals surface area contributed by atoms with Crippen molar-refractivity contribution in [2.75, 3.05) is 5.88 Å². The molecule has 0 spiro atoms. The molecule has 0 aliphatic heterocycles. The summed E-state index contributed by atoms with van der Waals surface area (Å²) in [5, 5.41) is 3.63. The first kappa shape index (κ1) is 11.9. The van der Waals surface area contributed by atoms with Crippen LogP contribution in [0.4, 0.5) is 0 Å². The molecule has 2 rings (SSSR count). The maximum absolute atomic E-state index is 5.97. The van der Waals surface area contributed by atoms with Crippen molar-refractivity contribution in [3.63, 3.8) is 0 Å². The van der Waals surface area contributed by atoms with E-state index >= 15 is 0 Å². The van der Waals surface area contributed by atoms with Crippen LogP contribution in [0, 0.1) is 12.8 Å². The van der Waals surface area contributed by atoms with Crippen LogP contribution in [-0.4, -0.2) is 11.9 Å². The minimum absolute atomic E-state index is 0.624. The summed E-state index contributed by atoms with van der Waals surface area (Å²) in [4.78, 5) is 0. The Morgan fingerprint density at radius 3 is 2.69 bits per heavy atom. The lowest BCUT2D eigenvalue weighted by Crippen LogP contribution is -2.32. The third-order valence-electron chi connectivity index (χ3n) is 3.55. The van der Waals surface area contributed by atoms with Crippen LogP contribution < -0.4 is 5.32 Å². The molecule has 1 fully saturated rings. The van der Waals surface area contributed by atoms with Gasteiger partial charge in [-0.15, -0.1) is 11.6 Å². The molecule has 1 aromatic rings. The normalized spacial score (nSPS) is 24.9. The largest absolute Gasteiger partial charge is 0.310 e. The van der Waals surface area contributed by atoms with Crippen LogP contribution in [0.3, 0.4) is 0 Å². The molecule has 2 unspecified atom stereocenters. The Hall–Kier alpha value is -0.530. The summed E-state index contributed by atoms with van der Waals surface area (Å²) in [7, 11) is 0. The van der Waals surface area contributed by atoms with Gasteiger partial charge in [0.05, 0.1) is 0 Å². The first-order valence-corrected chi connectivity index (χ1v) is 6.68. The predicted octanol–water partition coefficient (Wildman–Crippen LogP) is 3.49. The van der Waals surface area contributed by atoms with E-state index < -0.39 is 0 Å². The highest BCUT2D eigenvalue weighted by Gasteiger charge is 2.25. The van der Waals surface area contributed by atoms with Crippen molar-refractivity contribution in [3.8, 4) is 0 Å². The molecule has 0 bridgehead atoms. The Bertz CT molecular complexity index is 320. The van der Waals surface area contributed by atoms with Crippen molar-refractivity contribution in [2.24, 2.45) is 5.92 Å². The predicted molar refractivity (Wildman–Crippen MR) is 69.9 cm³/mol. The molecule has 2 heteroatoms. The maximum atomic E-state index is 5.97. The van der Waals surface area contributed by atoms with Crippen LogP contribution in [-0.2, 0) is 6.54 Å². The van der Waals surface area contributed by atoms with E-state index in [4.69, 9.17) is 11.6 Å². The lowest BCUT2D eigenvalue weighted by Gasteiger charge is -2.18. The number of alkyl halides is 1. The van der Waals surface area contributed by atoms with Crippen molar-refractivity contribution in [2.45, 2.75) is 38.8 Å². The molecule has 16 heavy (non-hydrogen) atoms. The van der Waals surface area contributed by atoms with Gasteiger partial charge in [-0.05, 0) is 31.2 Å². The van der Waals surface area contributed by atoms with Crippen molar-refractivity contribution in [3.05, 3.63) is 35.4 Å². The lowest BCUT2D eigenvalue weighted by atomic mass is 10.1. The van der Waals surface area contributed by atoms with E-state index in [1.165, 1.54) is 30.4 Å². The summed E-state index contributed by atoms with van der Waals surface area (Å²) in [6, 6.07) is 9.37. The number of hydrogen-bond donors (Lipinski definition) is 1. The second kappa shape index (κ2) is 5.70. The van der Waals surface area contributed by atoms with Crippen LogP contribution in [0.5, 0.6) is 0 Å².